The molecule has 0 spiro atoms. The van der Waals surface area contributed by atoms with E-state index < -0.39 is 0 Å². The largest absolute Gasteiger partial charge is 0.355 e. The minimum Gasteiger partial charge on any atom is -0.355 e. The lowest BCUT2D eigenvalue weighted by atomic mass is 10.1. The van der Waals surface area contributed by atoms with Crippen LogP contribution in [0.15, 0.2) is 29.8 Å². The van der Waals surface area contributed by atoms with Crippen LogP contribution in [-0.2, 0) is 0 Å². The highest BCUT2D eigenvalue weighted by atomic mass is 35.5. The molecule has 0 radical (unpaired) electrons. The quantitative estimate of drug-likeness (QED) is 0.854. The molecule has 5 heteroatoms. The molecule has 0 amide bonds. The summed E-state index contributed by atoms with van der Waals surface area (Å²) in [5.41, 5.74) is 1.12. The molecular weight excluding hydrogens is 275 g/mol. The van der Waals surface area contributed by atoms with Crippen molar-refractivity contribution in [3.05, 3.63) is 45.4 Å². The first kappa shape index (κ1) is 12.7. The van der Waals surface area contributed by atoms with E-state index in [2.05, 4.69) is 17.2 Å². The Labute approximate surface area is 115 Å². The molecule has 1 N–H and O–H groups in total. The van der Waals surface area contributed by atoms with Crippen LogP contribution >= 0.6 is 34.5 Å². The third-order valence-corrected chi connectivity index (χ3v) is 3.93. The van der Waals surface area contributed by atoms with Crippen LogP contribution in [0.1, 0.15) is 24.9 Å². The molecule has 0 saturated heterocycles. The minimum atomic E-state index is 0.205. The van der Waals surface area contributed by atoms with Crippen molar-refractivity contribution in [3.63, 3.8) is 0 Å². The Kier molecular flexibility index (Phi) is 4.26. The van der Waals surface area contributed by atoms with Gasteiger partial charge in [0.1, 0.15) is 0 Å². The standard InChI is InChI=1S/C12H12Cl2N2S/c1-2-11(16-12-15-5-6-17-12)8-3-4-9(13)10(14)7-8/h3-7,11H,2H2,1H3,(H,15,16). The number of nitrogens with zero attached hydrogens (tertiary/aromatic N) is 1. The van der Waals surface area contributed by atoms with Gasteiger partial charge in [-0.1, -0.05) is 36.2 Å². The summed E-state index contributed by atoms with van der Waals surface area (Å²) in [6, 6.07) is 5.92. The van der Waals surface area contributed by atoms with Crippen molar-refractivity contribution < 1.29 is 0 Å². The molecule has 0 fully saturated rings. The highest BCUT2D eigenvalue weighted by Crippen LogP contribution is 2.29. The molecule has 0 bridgehead atoms. The molecule has 90 valence electrons. The summed E-state index contributed by atoms with van der Waals surface area (Å²) in [5, 5.41) is 7.41. The van der Waals surface area contributed by atoms with Gasteiger partial charge in [-0.2, -0.15) is 0 Å². The van der Waals surface area contributed by atoms with Crippen LogP contribution in [0.4, 0.5) is 5.13 Å². The van der Waals surface area contributed by atoms with Gasteiger partial charge in [0.2, 0.25) is 0 Å². The van der Waals surface area contributed by atoms with E-state index in [0.29, 0.717) is 10.0 Å². The number of rotatable bonds is 4. The first-order valence-corrected chi connectivity index (χ1v) is 6.95. The number of hydrogen-bond acceptors (Lipinski definition) is 3. The molecule has 17 heavy (non-hydrogen) atoms. The van der Waals surface area contributed by atoms with E-state index >= 15 is 0 Å². The van der Waals surface area contributed by atoms with Gasteiger partial charge in [-0.15, -0.1) is 11.3 Å². The molecule has 0 saturated carbocycles. The van der Waals surface area contributed by atoms with E-state index in [-0.39, 0.29) is 6.04 Å². The first-order valence-electron chi connectivity index (χ1n) is 5.31. The number of hydrogen-bond donors (Lipinski definition) is 1. The zero-order chi connectivity index (χ0) is 12.3. The van der Waals surface area contributed by atoms with Crippen LogP contribution in [0.5, 0.6) is 0 Å². The van der Waals surface area contributed by atoms with Crippen molar-refractivity contribution in [2.45, 2.75) is 19.4 Å². The van der Waals surface area contributed by atoms with Gasteiger partial charge in [0.25, 0.3) is 0 Å². The molecule has 0 aliphatic heterocycles. The molecule has 1 aromatic carbocycles. The van der Waals surface area contributed by atoms with Crippen molar-refractivity contribution in [2.75, 3.05) is 5.32 Å². The van der Waals surface area contributed by atoms with Gasteiger partial charge >= 0.3 is 0 Å². The average Bonchev–Trinajstić information content (AvgIpc) is 2.82. The van der Waals surface area contributed by atoms with Crippen LogP contribution in [0.3, 0.4) is 0 Å². The smallest absolute Gasteiger partial charge is 0.183 e. The summed E-state index contributed by atoms with van der Waals surface area (Å²) in [5.74, 6) is 0. The van der Waals surface area contributed by atoms with E-state index in [0.717, 1.165) is 17.1 Å². The van der Waals surface area contributed by atoms with Gasteiger partial charge in [-0.25, -0.2) is 4.98 Å². The maximum Gasteiger partial charge on any atom is 0.183 e. The number of nitrogens with one attached hydrogen (secondary N) is 1. The zero-order valence-electron chi connectivity index (χ0n) is 9.28. The van der Waals surface area contributed by atoms with Crippen molar-refractivity contribution in [2.24, 2.45) is 0 Å². The second-order valence-corrected chi connectivity index (χ2v) is 5.32. The molecule has 2 aromatic rings. The lowest BCUT2D eigenvalue weighted by molar-refractivity contribution is 0.748. The van der Waals surface area contributed by atoms with E-state index in [1.165, 1.54) is 0 Å². The summed E-state index contributed by atoms with van der Waals surface area (Å²) in [6.45, 7) is 2.12. The fourth-order valence-electron chi connectivity index (χ4n) is 1.59. The average molecular weight is 287 g/mol. The summed E-state index contributed by atoms with van der Waals surface area (Å²) in [6.07, 6.45) is 2.74. The fraction of sp³-hybridized carbons (Fsp3) is 0.250. The minimum absolute atomic E-state index is 0.205. The van der Waals surface area contributed by atoms with E-state index in [1.807, 2.05) is 23.6 Å². The maximum atomic E-state index is 6.02. The Bertz CT molecular complexity index is 485. The summed E-state index contributed by atoms with van der Waals surface area (Å²) >= 11 is 13.5. The Hall–Kier alpha value is -0.770. The molecule has 1 aromatic heterocycles. The van der Waals surface area contributed by atoms with E-state index in [9.17, 15) is 0 Å². The molecule has 1 atom stereocenters. The summed E-state index contributed by atoms with van der Waals surface area (Å²) < 4.78 is 0. The number of benzene rings is 1. The van der Waals surface area contributed by atoms with Crippen molar-refractivity contribution >= 4 is 39.7 Å². The SMILES string of the molecule is CCC(Nc1nccs1)c1ccc(Cl)c(Cl)c1. The van der Waals surface area contributed by atoms with Crippen molar-refractivity contribution in [3.8, 4) is 0 Å². The monoisotopic (exact) mass is 286 g/mol. The van der Waals surface area contributed by atoms with Crippen LogP contribution in [0.25, 0.3) is 0 Å². The predicted molar refractivity (Wildman–Crippen MR) is 75.2 cm³/mol. The van der Waals surface area contributed by atoms with Crippen molar-refractivity contribution in [1.82, 2.24) is 4.98 Å². The fourth-order valence-corrected chi connectivity index (χ4v) is 2.48. The van der Waals surface area contributed by atoms with Gasteiger partial charge in [0, 0.05) is 11.6 Å². The first-order chi connectivity index (χ1) is 8.20. The normalized spacial score (nSPS) is 12.4. The zero-order valence-corrected chi connectivity index (χ0v) is 11.6. The highest BCUT2D eigenvalue weighted by Gasteiger charge is 2.11. The lowest BCUT2D eigenvalue weighted by Crippen LogP contribution is -2.09. The van der Waals surface area contributed by atoms with Gasteiger partial charge in [0.05, 0.1) is 16.1 Å². The molecule has 0 aliphatic rings. The van der Waals surface area contributed by atoms with Gasteiger partial charge in [-0.05, 0) is 24.1 Å². The second kappa shape index (κ2) is 5.71. The van der Waals surface area contributed by atoms with Crippen LogP contribution in [0, 0.1) is 0 Å². The molecule has 2 rings (SSSR count). The third-order valence-electron chi connectivity index (χ3n) is 2.48. The van der Waals surface area contributed by atoms with Crippen molar-refractivity contribution in [1.29, 1.82) is 0 Å². The molecule has 1 heterocycles. The van der Waals surface area contributed by atoms with E-state index in [1.54, 1.807) is 17.5 Å². The number of halogens is 2. The number of aromatic nitrogens is 1. The van der Waals surface area contributed by atoms with Gasteiger partial charge in [-0.3, -0.25) is 0 Å². The predicted octanol–water partition coefficient (Wildman–Crippen LogP) is 5.01. The molecule has 1 unspecified atom stereocenters. The lowest BCUT2D eigenvalue weighted by Gasteiger charge is -2.17. The highest BCUT2D eigenvalue weighted by molar-refractivity contribution is 7.13. The van der Waals surface area contributed by atoms with Crippen LogP contribution in [0.2, 0.25) is 10.0 Å². The number of thiazole rings is 1. The Morgan fingerprint density at radius 3 is 2.76 bits per heavy atom. The van der Waals surface area contributed by atoms with Gasteiger partial charge in [0.15, 0.2) is 5.13 Å². The van der Waals surface area contributed by atoms with E-state index in [4.69, 9.17) is 23.2 Å². The Morgan fingerprint density at radius 1 is 1.35 bits per heavy atom. The maximum absolute atomic E-state index is 6.02. The molecular formula is C12H12Cl2N2S. The Morgan fingerprint density at radius 2 is 2.18 bits per heavy atom. The molecule has 2 nitrogen and oxygen atoms in total. The number of anilines is 1. The molecule has 0 aliphatic carbocycles. The van der Waals surface area contributed by atoms with Crippen LogP contribution < -0.4 is 5.32 Å². The van der Waals surface area contributed by atoms with Crippen LogP contribution in [-0.4, -0.2) is 4.98 Å². The summed E-state index contributed by atoms with van der Waals surface area (Å²) in [4.78, 5) is 4.22. The third kappa shape index (κ3) is 3.12. The topological polar surface area (TPSA) is 24.9 Å². The Balaban J connectivity index is 2.20. The van der Waals surface area contributed by atoms with Gasteiger partial charge < -0.3 is 5.32 Å². The second-order valence-electron chi connectivity index (χ2n) is 3.62. The summed E-state index contributed by atoms with van der Waals surface area (Å²) in [7, 11) is 0.